The van der Waals surface area contributed by atoms with E-state index in [1.54, 1.807) is 24.4 Å². The van der Waals surface area contributed by atoms with Crippen molar-refractivity contribution < 1.29 is 4.79 Å². The second-order valence-electron chi connectivity index (χ2n) is 8.41. The van der Waals surface area contributed by atoms with Crippen molar-refractivity contribution in [1.82, 2.24) is 9.97 Å². The predicted molar refractivity (Wildman–Crippen MR) is 137 cm³/mol. The normalized spacial score (nSPS) is 14.3. The van der Waals surface area contributed by atoms with Gasteiger partial charge >= 0.3 is 0 Å². The van der Waals surface area contributed by atoms with Crippen molar-refractivity contribution in [3.63, 3.8) is 0 Å². The van der Waals surface area contributed by atoms with Crippen LogP contribution in [0.15, 0.2) is 85.1 Å². The monoisotopic (exact) mass is 460 g/mol. The van der Waals surface area contributed by atoms with Gasteiger partial charge in [0.05, 0.1) is 12.0 Å². The summed E-state index contributed by atoms with van der Waals surface area (Å²) in [4.78, 5) is 21.9. The van der Waals surface area contributed by atoms with Gasteiger partial charge in [0.15, 0.2) is 0 Å². The van der Waals surface area contributed by atoms with Crippen molar-refractivity contribution in [2.45, 2.75) is 19.3 Å². The fraction of sp³-hybridized carbons (Fsp3) is 0.143. The lowest BCUT2D eigenvalue weighted by Crippen LogP contribution is -2.16. The van der Waals surface area contributed by atoms with Crippen LogP contribution in [0.2, 0.25) is 0 Å². The number of pyridine rings is 2. The van der Waals surface area contributed by atoms with Gasteiger partial charge in [-0.05, 0) is 73.4 Å². The summed E-state index contributed by atoms with van der Waals surface area (Å²) in [6.45, 7) is 0. The summed E-state index contributed by atoms with van der Waals surface area (Å²) in [7, 11) is 0. The molecule has 0 aliphatic heterocycles. The van der Waals surface area contributed by atoms with E-state index in [1.807, 2.05) is 60.7 Å². The number of nitrogens with zero attached hydrogens (tertiary/aromatic N) is 3. The fourth-order valence-corrected chi connectivity index (χ4v) is 4.19. The molecule has 1 amide bonds. The van der Waals surface area contributed by atoms with Crippen molar-refractivity contribution in [3.8, 4) is 6.07 Å². The average molecular weight is 461 g/mol. The maximum atomic E-state index is 13.0. The minimum Gasteiger partial charge on any atom is -0.355 e. The van der Waals surface area contributed by atoms with Gasteiger partial charge in [0, 0.05) is 34.5 Å². The minimum absolute atomic E-state index is 0.00371. The molecule has 3 N–H and O–H groups in total. The number of hydrogen-bond donors (Lipinski definition) is 3. The average Bonchev–Trinajstić information content (AvgIpc) is 2.89. The summed E-state index contributed by atoms with van der Waals surface area (Å²) in [6, 6.07) is 26.8. The molecule has 35 heavy (non-hydrogen) atoms. The lowest BCUT2D eigenvalue weighted by molar-refractivity contribution is 0.102. The molecular weight excluding hydrogens is 436 g/mol. The van der Waals surface area contributed by atoms with Gasteiger partial charge in [0.25, 0.3) is 5.91 Å². The second kappa shape index (κ2) is 10.1. The zero-order valence-electron chi connectivity index (χ0n) is 19.0. The Hall–Kier alpha value is -4.70. The zero-order valence-corrected chi connectivity index (χ0v) is 19.0. The quantitative estimate of drug-likeness (QED) is 0.334. The molecule has 1 unspecified atom stereocenters. The van der Waals surface area contributed by atoms with Gasteiger partial charge in [-0.1, -0.05) is 30.3 Å². The Morgan fingerprint density at radius 3 is 2.57 bits per heavy atom. The summed E-state index contributed by atoms with van der Waals surface area (Å²) in [5.74, 6) is 0.853. The summed E-state index contributed by atoms with van der Waals surface area (Å²) >= 11 is 0. The van der Waals surface area contributed by atoms with Gasteiger partial charge in [-0.25, -0.2) is 4.98 Å². The van der Waals surface area contributed by atoms with E-state index in [0.29, 0.717) is 23.6 Å². The first-order chi connectivity index (χ1) is 17.2. The molecule has 2 aromatic heterocycles. The molecule has 0 saturated heterocycles. The highest BCUT2D eigenvalue weighted by molar-refractivity contribution is 6.04. The molecule has 4 aromatic rings. The third-order valence-corrected chi connectivity index (χ3v) is 5.95. The van der Waals surface area contributed by atoms with Crippen LogP contribution in [-0.2, 0) is 12.8 Å². The van der Waals surface area contributed by atoms with Crippen molar-refractivity contribution in [2.75, 3.05) is 16.0 Å². The molecule has 0 saturated carbocycles. The number of benzene rings is 2. The maximum Gasteiger partial charge on any atom is 0.256 e. The maximum absolute atomic E-state index is 13.0. The van der Waals surface area contributed by atoms with Crippen LogP contribution in [0.5, 0.6) is 0 Å². The number of hydrogen-bond acceptors (Lipinski definition) is 6. The summed E-state index contributed by atoms with van der Waals surface area (Å²) in [6.07, 6.45) is 4.11. The molecule has 5 rings (SSSR count). The van der Waals surface area contributed by atoms with Crippen LogP contribution in [0.3, 0.4) is 0 Å². The molecule has 7 nitrogen and oxygen atoms in total. The number of carbonyl (C=O) groups is 1. The van der Waals surface area contributed by atoms with E-state index in [1.165, 1.54) is 0 Å². The number of amides is 1. The third kappa shape index (κ3) is 5.28. The first kappa shape index (κ1) is 22.1. The van der Waals surface area contributed by atoms with Gasteiger partial charge in [-0.15, -0.1) is 0 Å². The number of nitriles is 1. The van der Waals surface area contributed by atoms with Gasteiger partial charge in [-0.3, -0.25) is 9.78 Å². The Labute approximate surface area is 203 Å². The zero-order chi connectivity index (χ0) is 24.0. The van der Waals surface area contributed by atoms with Crippen LogP contribution < -0.4 is 16.0 Å². The summed E-state index contributed by atoms with van der Waals surface area (Å²) in [5, 5.41) is 18.9. The number of para-hydroxylation sites is 1. The molecular formula is C28H24N6O. The number of carbonyl (C=O) groups excluding carboxylic acids is 1. The number of rotatable bonds is 6. The first-order valence-electron chi connectivity index (χ1n) is 11.5. The highest BCUT2D eigenvalue weighted by atomic mass is 16.1. The molecule has 2 heterocycles. The third-order valence-electron chi connectivity index (χ3n) is 5.95. The molecule has 0 bridgehead atoms. The van der Waals surface area contributed by atoms with E-state index < -0.39 is 0 Å². The molecule has 1 atom stereocenters. The number of aryl methyl sites for hydroxylation is 1. The molecule has 172 valence electrons. The van der Waals surface area contributed by atoms with E-state index in [-0.39, 0.29) is 11.8 Å². The number of anilines is 5. The molecule has 7 heteroatoms. The Morgan fingerprint density at radius 2 is 1.71 bits per heavy atom. The number of aromatic nitrogens is 2. The Morgan fingerprint density at radius 1 is 0.914 bits per heavy atom. The lowest BCUT2D eigenvalue weighted by Gasteiger charge is -2.22. The van der Waals surface area contributed by atoms with Crippen molar-refractivity contribution >= 4 is 34.6 Å². The Kier molecular flexibility index (Phi) is 6.35. The summed E-state index contributed by atoms with van der Waals surface area (Å²) < 4.78 is 0. The van der Waals surface area contributed by atoms with E-state index in [0.717, 1.165) is 41.2 Å². The van der Waals surface area contributed by atoms with E-state index in [4.69, 9.17) is 0 Å². The van der Waals surface area contributed by atoms with Gasteiger partial charge in [-0.2, -0.15) is 5.26 Å². The smallest absolute Gasteiger partial charge is 0.256 e. The van der Waals surface area contributed by atoms with Crippen LogP contribution in [0.25, 0.3) is 0 Å². The fourth-order valence-electron chi connectivity index (χ4n) is 4.19. The van der Waals surface area contributed by atoms with Crippen LogP contribution in [0.1, 0.15) is 28.0 Å². The van der Waals surface area contributed by atoms with E-state index in [9.17, 15) is 10.1 Å². The van der Waals surface area contributed by atoms with Crippen LogP contribution in [-0.4, -0.2) is 15.9 Å². The molecule has 1 aliphatic carbocycles. The summed E-state index contributed by atoms with van der Waals surface area (Å²) in [5.41, 5.74) is 5.25. The highest BCUT2D eigenvalue weighted by Gasteiger charge is 2.22. The highest BCUT2D eigenvalue weighted by Crippen LogP contribution is 2.31. The van der Waals surface area contributed by atoms with Crippen molar-refractivity contribution in [3.05, 3.63) is 102 Å². The van der Waals surface area contributed by atoms with Crippen LogP contribution in [0, 0.1) is 17.2 Å². The Bertz CT molecular complexity index is 1400. The topological polar surface area (TPSA) is 103 Å². The second-order valence-corrected chi connectivity index (χ2v) is 8.41. The lowest BCUT2D eigenvalue weighted by atomic mass is 9.86. The van der Waals surface area contributed by atoms with Crippen molar-refractivity contribution in [2.24, 2.45) is 5.92 Å². The number of fused-ring (bicyclic) bond motifs is 1. The van der Waals surface area contributed by atoms with Crippen LogP contribution >= 0.6 is 0 Å². The SMILES string of the molecule is N#CC1CCc2nccc(Nc3cccc(C(=O)Nc4cccc(Nc5ccccc5)n4)c3)c2C1. The largest absolute Gasteiger partial charge is 0.355 e. The van der Waals surface area contributed by atoms with Crippen molar-refractivity contribution in [1.29, 1.82) is 5.26 Å². The molecule has 0 radical (unpaired) electrons. The molecule has 0 fully saturated rings. The standard InChI is InChI=1S/C28H24N6O/c29-18-19-12-13-24-23(16-19)25(14-15-30-24)31-22-9-4-6-20(17-22)28(35)34-27-11-5-10-26(33-27)32-21-7-2-1-3-8-21/h1-11,14-15,17,19H,12-13,16H2,(H,30,31)(H2,32,33,34,35). The van der Waals surface area contributed by atoms with Gasteiger partial charge in [0.2, 0.25) is 0 Å². The molecule has 2 aromatic carbocycles. The molecule has 0 spiro atoms. The van der Waals surface area contributed by atoms with E-state index >= 15 is 0 Å². The van der Waals surface area contributed by atoms with Gasteiger partial charge in [0.1, 0.15) is 11.6 Å². The van der Waals surface area contributed by atoms with E-state index in [2.05, 4.69) is 32.0 Å². The minimum atomic E-state index is -0.251. The van der Waals surface area contributed by atoms with Crippen LogP contribution in [0.4, 0.5) is 28.7 Å². The van der Waals surface area contributed by atoms with Gasteiger partial charge < -0.3 is 16.0 Å². The predicted octanol–water partition coefficient (Wildman–Crippen LogP) is 5.84. The molecule has 1 aliphatic rings. The number of nitrogens with one attached hydrogen (secondary N) is 3. The first-order valence-corrected chi connectivity index (χ1v) is 11.5. The Balaban J connectivity index is 1.30.